The molecule has 0 spiro atoms. The number of hydrogen-bond acceptors (Lipinski definition) is 4. The van der Waals surface area contributed by atoms with Gasteiger partial charge in [-0.1, -0.05) is 6.58 Å². The van der Waals surface area contributed by atoms with Gasteiger partial charge in [-0.15, -0.1) is 0 Å². The van der Waals surface area contributed by atoms with Crippen molar-refractivity contribution in [2.24, 2.45) is 0 Å². The topological polar surface area (TPSA) is 83.8 Å². The molecule has 0 aliphatic rings. The Morgan fingerprint density at radius 1 is 1.33 bits per heavy atom. The lowest BCUT2D eigenvalue weighted by Crippen LogP contribution is -1.87. The summed E-state index contributed by atoms with van der Waals surface area (Å²) < 4.78 is 4.17. The third kappa shape index (κ3) is 188. The Morgan fingerprint density at radius 3 is 1.58 bits per heavy atom. The Labute approximate surface area is 71.3 Å². The predicted molar refractivity (Wildman–Crippen MR) is 43.4 cm³/mol. The molecule has 12 heavy (non-hydrogen) atoms. The van der Waals surface area contributed by atoms with E-state index in [1.165, 1.54) is 6.92 Å². The van der Waals surface area contributed by atoms with Gasteiger partial charge < -0.3 is 14.9 Å². The molecular weight excluding hydrogens is 164 g/mol. The van der Waals surface area contributed by atoms with Crippen molar-refractivity contribution in [3.63, 3.8) is 0 Å². The van der Waals surface area contributed by atoms with Crippen LogP contribution in [0.1, 0.15) is 13.8 Å². The van der Waals surface area contributed by atoms with Crippen LogP contribution >= 0.6 is 0 Å². The molecule has 0 aliphatic carbocycles. The highest BCUT2D eigenvalue weighted by atomic mass is 16.5. The summed E-state index contributed by atoms with van der Waals surface area (Å²) in [4.78, 5) is 18.8. The zero-order chi connectivity index (χ0) is 10.6. The summed E-state index contributed by atoms with van der Waals surface area (Å²) in [6.45, 7) is 5.56. The molecule has 5 nitrogen and oxygen atoms in total. The van der Waals surface area contributed by atoms with Gasteiger partial charge in [-0.05, 0) is 0 Å². The zero-order valence-corrected chi connectivity index (χ0v) is 7.40. The third-order valence-corrected chi connectivity index (χ3v) is 0.249. The summed E-state index contributed by atoms with van der Waals surface area (Å²) in [5.41, 5.74) is 0. The van der Waals surface area contributed by atoms with Crippen molar-refractivity contribution < 1.29 is 24.5 Å². The second-order valence-electron chi connectivity index (χ2n) is 1.30. The summed E-state index contributed by atoms with van der Waals surface area (Å²) in [5.74, 6) is -1.16. The van der Waals surface area contributed by atoms with E-state index in [4.69, 9.17) is 15.0 Å². The minimum absolute atomic E-state index is 0.329. The molecule has 0 heterocycles. The van der Waals surface area contributed by atoms with Crippen molar-refractivity contribution in [1.29, 1.82) is 0 Å². The number of carboxylic acids is 1. The molecule has 0 fully saturated rings. The Hall–Kier alpha value is -1.36. The van der Waals surface area contributed by atoms with Crippen LogP contribution in [0.5, 0.6) is 0 Å². The van der Waals surface area contributed by atoms with E-state index < -0.39 is 5.97 Å². The lowest BCUT2D eigenvalue weighted by Gasteiger charge is -1.83. The Morgan fingerprint density at radius 2 is 1.58 bits per heavy atom. The van der Waals surface area contributed by atoms with Crippen LogP contribution in [0, 0.1) is 0 Å². The first kappa shape index (κ1) is 16.9. The molecular formula is C7H14O5. The Kier molecular flexibility index (Phi) is 23.0. The number of aliphatic hydroxyl groups excluding tert-OH is 1. The van der Waals surface area contributed by atoms with Crippen molar-refractivity contribution in [3.05, 3.63) is 12.8 Å². The van der Waals surface area contributed by atoms with Gasteiger partial charge in [0, 0.05) is 21.0 Å². The maximum atomic E-state index is 9.75. The van der Waals surface area contributed by atoms with Gasteiger partial charge in [0.05, 0.1) is 6.26 Å². The molecule has 0 unspecified atom stereocenters. The first-order valence-corrected chi connectivity index (χ1v) is 2.93. The molecule has 0 atom stereocenters. The Bertz CT molecular complexity index is 126. The molecule has 5 heteroatoms. The summed E-state index contributed by atoms with van der Waals surface area (Å²) in [6.07, 6.45) is 1.10. The minimum atomic E-state index is -0.833. The Balaban J connectivity index is -0.000000118. The second kappa shape index (κ2) is 16.3. The molecule has 0 amide bonds. The maximum Gasteiger partial charge on any atom is 0.307 e. The molecule has 0 aliphatic heterocycles. The van der Waals surface area contributed by atoms with Crippen molar-refractivity contribution in [2.45, 2.75) is 13.8 Å². The highest BCUT2D eigenvalue weighted by molar-refractivity contribution is 5.66. The van der Waals surface area contributed by atoms with Crippen LogP contribution in [0.25, 0.3) is 0 Å². The second-order valence-corrected chi connectivity index (χ2v) is 1.30. The summed E-state index contributed by atoms with van der Waals surface area (Å²) in [6, 6.07) is 0. The molecule has 0 saturated carbocycles. The van der Waals surface area contributed by atoms with E-state index in [2.05, 4.69) is 11.3 Å². The number of carboxylic acid groups (broad SMARTS) is 1. The van der Waals surface area contributed by atoms with Crippen molar-refractivity contribution >= 4 is 11.9 Å². The number of aliphatic carboxylic acids is 1. The lowest BCUT2D eigenvalue weighted by atomic mass is 10.8. The van der Waals surface area contributed by atoms with Gasteiger partial charge in [-0.3, -0.25) is 9.59 Å². The van der Waals surface area contributed by atoms with Gasteiger partial charge in [-0.2, -0.15) is 0 Å². The van der Waals surface area contributed by atoms with Crippen LogP contribution in [0.4, 0.5) is 0 Å². The van der Waals surface area contributed by atoms with E-state index in [0.717, 1.165) is 20.3 Å². The number of esters is 1. The maximum absolute atomic E-state index is 9.75. The first-order chi connectivity index (χ1) is 5.50. The highest BCUT2D eigenvalue weighted by Gasteiger charge is 1.79. The lowest BCUT2D eigenvalue weighted by molar-refractivity contribution is -0.136. The van der Waals surface area contributed by atoms with Gasteiger partial charge >= 0.3 is 5.97 Å². The normalized spacial score (nSPS) is 6.00. The van der Waals surface area contributed by atoms with E-state index in [1.54, 1.807) is 0 Å². The van der Waals surface area contributed by atoms with Gasteiger partial charge in [0.1, 0.15) is 0 Å². The molecule has 72 valence electrons. The minimum Gasteiger partial charge on any atom is -0.481 e. The number of rotatable bonds is 1. The van der Waals surface area contributed by atoms with Crippen molar-refractivity contribution in [3.8, 4) is 0 Å². The van der Waals surface area contributed by atoms with Gasteiger partial charge in [-0.25, -0.2) is 0 Å². The molecule has 0 rings (SSSR count). The molecule has 0 radical (unpaired) electrons. The zero-order valence-electron chi connectivity index (χ0n) is 7.40. The monoisotopic (exact) mass is 178 g/mol. The van der Waals surface area contributed by atoms with Gasteiger partial charge in [0.25, 0.3) is 5.97 Å². The smallest absolute Gasteiger partial charge is 0.307 e. The number of hydrogen-bond donors (Lipinski definition) is 2. The summed E-state index contributed by atoms with van der Waals surface area (Å²) in [7, 11) is 1.00. The van der Waals surface area contributed by atoms with Gasteiger partial charge in [0.15, 0.2) is 0 Å². The van der Waals surface area contributed by atoms with Crippen LogP contribution in [-0.4, -0.2) is 29.3 Å². The summed E-state index contributed by atoms with van der Waals surface area (Å²) in [5, 5.41) is 14.4. The van der Waals surface area contributed by atoms with E-state index in [9.17, 15) is 4.79 Å². The van der Waals surface area contributed by atoms with Gasteiger partial charge in [0.2, 0.25) is 0 Å². The molecule has 0 aromatic rings. The molecule has 0 bridgehead atoms. The predicted octanol–water partition coefficient (Wildman–Crippen LogP) is 0.392. The number of carbonyl (C=O) groups is 2. The van der Waals surface area contributed by atoms with Crippen LogP contribution in [0.15, 0.2) is 12.8 Å². The number of aliphatic hydroxyl groups is 1. The fourth-order valence-corrected chi connectivity index (χ4v) is 0.117. The quantitative estimate of drug-likeness (QED) is 0.448. The fraction of sp³-hybridized carbons (Fsp3) is 0.429. The molecule has 2 N–H and O–H groups in total. The molecule has 0 saturated heterocycles. The fourth-order valence-electron chi connectivity index (χ4n) is 0.117. The largest absolute Gasteiger partial charge is 0.481 e. The third-order valence-electron chi connectivity index (χ3n) is 0.249. The number of carbonyl (C=O) groups excluding carboxylic acids is 1. The van der Waals surface area contributed by atoms with E-state index in [1.807, 2.05) is 0 Å². The van der Waals surface area contributed by atoms with Crippen LogP contribution in [-0.2, 0) is 14.3 Å². The SMILES string of the molecule is C=COC(C)=O.CC(=O)O.CO. The van der Waals surface area contributed by atoms with Crippen LogP contribution in [0.3, 0.4) is 0 Å². The average molecular weight is 178 g/mol. The van der Waals surface area contributed by atoms with Crippen molar-refractivity contribution in [1.82, 2.24) is 0 Å². The van der Waals surface area contributed by atoms with Crippen LogP contribution in [0.2, 0.25) is 0 Å². The molecule has 0 aromatic carbocycles. The standard InChI is InChI=1S/C4H6O2.C2H4O2.CH4O/c1-3-6-4(2)5;1-2(3)4;1-2/h3H,1H2,2H3;1H3,(H,3,4);2H,1H3. The molecule has 0 aromatic heterocycles. The average Bonchev–Trinajstić information content (AvgIpc) is 1.90. The highest BCUT2D eigenvalue weighted by Crippen LogP contribution is 1.70. The number of ether oxygens (including phenoxy) is 1. The summed E-state index contributed by atoms with van der Waals surface area (Å²) >= 11 is 0. The first-order valence-electron chi connectivity index (χ1n) is 2.93. The van der Waals surface area contributed by atoms with E-state index in [-0.39, 0.29) is 5.97 Å². The van der Waals surface area contributed by atoms with E-state index >= 15 is 0 Å². The van der Waals surface area contributed by atoms with Crippen LogP contribution < -0.4 is 0 Å². The van der Waals surface area contributed by atoms with Crippen molar-refractivity contribution in [2.75, 3.05) is 7.11 Å². The van der Waals surface area contributed by atoms with E-state index in [0.29, 0.717) is 0 Å².